The normalized spacial score (nSPS) is 12.2. The van der Waals surface area contributed by atoms with Crippen molar-refractivity contribution < 1.29 is 9.21 Å². The minimum atomic E-state index is -0.170. The van der Waals surface area contributed by atoms with Gasteiger partial charge in [-0.15, -0.1) is 10.2 Å². The van der Waals surface area contributed by atoms with E-state index < -0.39 is 0 Å². The van der Waals surface area contributed by atoms with Gasteiger partial charge in [0.2, 0.25) is 11.0 Å². The molecule has 0 radical (unpaired) electrons. The van der Waals surface area contributed by atoms with Crippen LogP contribution in [0.4, 0.5) is 5.13 Å². The third kappa shape index (κ3) is 3.97. The SMILES string of the molecule is CC(Sc1nnc(NCc2ccco2)s1)C(=O)N(C)C. The number of nitrogens with one attached hydrogen (secondary N) is 1. The number of hydrogen-bond acceptors (Lipinski definition) is 7. The monoisotopic (exact) mass is 312 g/mol. The Balaban J connectivity index is 1.87. The van der Waals surface area contributed by atoms with Gasteiger partial charge in [-0.25, -0.2) is 0 Å². The van der Waals surface area contributed by atoms with E-state index in [1.807, 2.05) is 19.1 Å². The summed E-state index contributed by atoms with van der Waals surface area (Å²) < 4.78 is 6.00. The summed E-state index contributed by atoms with van der Waals surface area (Å²) in [4.78, 5) is 13.3. The molecule has 1 N–H and O–H groups in total. The lowest BCUT2D eigenvalue weighted by Crippen LogP contribution is -2.29. The van der Waals surface area contributed by atoms with E-state index in [2.05, 4.69) is 15.5 Å². The number of aromatic nitrogens is 2. The van der Waals surface area contributed by atoms with E-state index in [0.717, 1.165) is 10.1 Å². The van der Waals surface area contributed by atoms with E-state index in [9.17, 15) is 4.79 Å². The molecule has 108 valence electrons. The predicted molar refractivity (Wildman–Crippen MR) is 80.0 cm³/mol. The third-order valence-corrected chi connectivity index (χ3v) is 4.52. The molecular weight excluding hydrogens is 296 g/mol. The summed E-state index contributed by atoms with van der Waals surface area (Å²) in [6.45, 7) is 2.43. The Morgan fingerprint density at radius 2 is 2.35 bits per heavy atom. The van der Waals surface area contributed by atoms with Gasteiger partial charge >= 0.3 is 0 Å². The smallest absolute Gasteiger partial charge is 0.235 e. The summed E-state index contributed by atoms with van der Waals surface area (Å²) in [6, 6.07) is 3.73. The van der Waals surface area contributed by atoms with Crippen molar-refractivity contribution in [1.82, 2.24) is 15.1 Å². The lowest BCUT2D eigenvalue weighted by atomic mass is 10.4. The first-order valence-corrected chi connectivity index (χ1v) is 7.73. The van der Waals surface area contributed by atoms with Crippen molar-refractivity contribution in [2.75, 3.05) is 19.4 Å². The van der Waals surface area contributed by atoms with E-state index in [1.165, 1.54) is 23.1 Å². The zero-order chi connectivity index (χ0) is 14.5. The van der Waals surface area contributed by atoms with Crippen LogP contribution in [0.3, 0.4) is 0 Å². The van der Waals surface area contributed by atoms with Crippen molar-refractivity contribution in [1.29, 1.82) is 0 Å². The number of hydrogen-bond donors (Lipinski definition) is 1. The molecule has 6 nitrogen and oxygen atoms in total. The topological polar surface area (TPSA) is 71.3 Å². The van der Waals surface area contributed by atoms with E-state index in [1.54, 1.807) is 25.3 Å². The fourth-order valence-electron chi connectivity index (χ4n) is 1.47. The van der Waals surface area contributed by atoms with Gasteiger partial charge in [-0.1, -0.05) is 23.1 Å². The Labute approximate surface area is 125 Å². The van der Waals surface area contributed by atoms with Crippen LogP contribution >= 0.6 is 23.1 Å². The Morgan fingerprint density at radius 3 is 3.00 bits per heavy atom. The molecule has 0 fully saturated rings. The Kier molecular flexibility index (Phi) is 5.02. The third-order valence-electron chi connectivity index (χ3n) is 2.47. The van der Waals surface area contributed by atoms with Gasteiger partial charge in [-0.3, -0.25) is 4.79 Å². The van der Waals surface area contributed by atoms with Crippen LogP contribution in [0, 0.1) is 0 Å². The summed E-state index contributed by atoms with van der Waals surface area (Å²) >= 11 is 2.84. The molecular formula is C12H16N4O2S2. The number of carbonyl (C=O) groups excluding carboxylic acids is 1. The molecule has 0 spiro atoms. The van der Waals surface area contributed by atoms with Crippen molar-refractivity contribution >= 4 is 34.1 Å². The van der Waals surface area contributed by atoms with Crippen LogP contribution in [0.25, 0.3) is 0 Å². The predicted octanol–water partition coefficient (Wildman–Crippen LogP) is 2.31. The largest absolute Gasteiger partial charge is 0.467 e. The Morgan fingerprint density at radius 1 is 1.55 bits per heavy atom. The minimum absolute atomic E-state index is 0.0651. The van der Waals surface area contributed by atoms with Crippen molar-refractivity contribution in [3.05, 3.63) is 24.2 Å². The second kappa shape index (κ2) is 6.76. The Bertz CT molecular complexity index is 554. The number of carbonyl (C=O) groups is 1. The molecule has 2 aromatic heterocycles. The van der Waals surface area contributed by atoms with E-state index >= 15 is 0 Å². The molecule has 0 aliphatic carbocycles. The average Bonchev–Trinajstić information content (AvgIpc) is 3.06. The first-order valence-electron chi connectivity index (χ1n) is 6.04. The summed E-state index contributed by atoms with van der Waals surface area (Å²) in [5, 5.41) is 11.8. The Hall–Kier alpha value is -1.54. The van der Waals surface area contributed by atoms with Crippen molar-refractivity contribution in [3.63, 3.8) is 0 Å². The van der Waals surface area contributed by atoms with E-state index in [-0.39, 0.29) is 11.2 Å². The number of nitrogens with zero attached hydrogens (tertiary/aromatic N) is 3. The van der Waals surface area contributed by atoms with Crippen LogP contribution in [0.1, 0.15) is 12.7 Å². The molecule has 0 aliphatic rings. The number of anilines is 1. The second-order valence-corrected chi connectivity index (χ2v) is 6.86. The molecule has 0 aromatic carbocycles. The van der Waals surface area contributed by atoms with Crippen LogP contribution in [-0.4, -0.2) is 40.3 Å². The number of amides is 1. The van der Waals surface area contributed by atoms with Gasteiger partial charge < -0.3 is 14.6 Å². The molecule has 1 amide bonds. The number of rotatable bonds is 6. The highest BCUT2D eigenvalue weighted by atomic mass is 32.2. The van der Waals surface area contributed by atoms with Crippen LogP contribution in [-0.2, 0) is 11.3 Å². The zero-order valence-electron chi connectivity index (χ0n) is 11.5. The molecule has 2 rings (SSSR count). The molecule has 0 bridgehead atoms. The highest BCUT2D eigenvalue weighted by Gasteiger charge is 2.18. The quantitative estimate of drug-likeness (QED) is 0.825. The molecule has 2 aromatic rings. The molecule has 1 atom stereocenters. The van der Waals surface area contributed by atoms with Gasteiger partial charge in [0.05, 0.1) is 18.1 Å². The van der Waals surface area contributed by atoms with Gasteiger partial charge in [-0.05, 0) is 19.1 Å². The van der Waals surface area contributed by atoms with E-state index in [4.69, 9.17) is 4.42 Å². The van der Waals surface area contributed by atoms with Crippen molar-refractivity contribution in [2.24, 2.45) is 0 Å². The van der Waals surface area contributed by atoms with Gasteiger partial charge in [0.25, 0.3) is 0 Å². The molecule has 1 unspecified atom stereocenters. The maximum absolute atomic E-state index is 11.8. The summed E-state index contributed by atoms with van der Waals surface area (Å²) in [5.41, 5.74) is 0. The first kappa shape index (κ1) is 14.9. The molecule has 0 saturated carbocycles. The standard InChI is InChI=1S/C12H16N4O2S2/c1-8(10(17)16(2)3)19-12-15-14-11(20-12)13-7-9-5-4-6-18-9/h4-6,8H,7H2,1-3H3,(H,13,14). The second-order valence-electron chi connectivity index (χ2n) is 4.30. The van der Waals surface area contributed by atoms with E-state index in [0.29, 0.717) is 11.7 Å². The summed E-state index contributed by atoms with van der Waals surface area (Å²) in [6.07, 6.45) is 1.63. The highest BCUT2D eigenvalue weighted by Crippen LogP contribution is 2.29. The molecule has 2 heterocycles. The molecule has 0 aliphatic heterocycles. The fraction of sp³-hybridized carbons (Fsp3) is 0.417. The highest BCUT2D eigenvalue weighted by molar-refractivity contribution is 8.02. The zero-order valence-corrected chi connectivity index (χ0v) is 13.1. The number of furan rings is 1. The van der Waals surface area contributed by atoms with Crippen molar-refractivity contribution in [2.45, 2.75) is 23.1 Å². The maximum Gasteiger partial charge on any atom is 0.235 e. The number of thioether (sulfide) groups is 1. The van der Waals surface area contributed by atoms with Crippen LogP contribution in [0.15, 0.2) is 27.2 Å². The minimum Gasteiger partial charge on any atom is -0.467 e. The van der Waals surface area contributed by atoms with Crippen molar-refractivity contribution in [3.8, 4) is 0 Å². The lowest BCUT2D eigenvalue weighted by Gasteiger charge is -2.14. The maximum atomic E-state index is 11.8. The van der Waals surface area contributed by atoms with Gasteiger partial charge in [0, 0.05) is 14.1 Å². The molecule has 8 heteroatoms. The van der Waals surface area contributed by atoms with Gasteiger partial charge in [0.15, 0.2) is 4.34 Å². The average molecular weight is 312 g/mol. The summed E-state index contributed by atoms with van der Waals surface area (Å²) in [5.74, 6) is 0.904. The van der Waals surface area contributed by atoms with Crippen LogP contribution in [0.5, 0.6) is 0 Å². The van der Waals surface area contributed by atoms with Gasteiger partial charge in [0.1, 0.15) is 5.76 Å². The fourth-order valence-corrected chi connectivity index (χ4v) is 3.51. The van der Waals surface area contributed by atoms with Crippen LogP contribution in [0.2, 0.25) is 0 Å². The first-order chi connectivity index (χ1) is 9.56. The van der Waals surface area contributed by atoms with Crippen LogP contribution < -0.4 is 5.32 Å². The lowest BCUT2D eigenvalue weighted by molar-refractivity contribution is -0.127. The molecule has 0 saturated heterocycles. The summed E-state index contributed by atoms with van der Waals surface area (Å²) in [7, 11) is 3.49. The van der Waals surface area contributed by atoms with Gasteiger partial charge in [-0.2, -0.15) is 0 Å². The molecule has 20 heavy (non-hydrogen) atoms.